The number of hydrogen-bond acceptors (Lipinski definition) is 3. The second-order valence-electron chi connectivity index (χ2n) is 9.01. The van der Waals surface area contributed by atoms with E-state index in [1.54, 1.807) is 0 Å². The van der Waals surface area contributed by atoms with Gasteiger partial charge in [0, 0.05) is 23.7 Å². The van der Waals surface area contributed by atoms with Crippen LogP contribution in [0.25, 0.3) is 10.9 Å². The highest BCUT2D eigenvalue weighted by molar-refractivity contribution is 6.74. The summed E-state index contributed by atoms with van der Waals surface area (Å²) in [6.45, 7) is 12.1. The fourth-order valence-corrected chi connectivity index (χ4v) is 4.29. The zero-order chi connectivity index (χ0) is 19.2. The number of nitrogens with one attached hydrogen (secondary N) is 1. The van der Waals surface area contributed by atoms with Gasteiger partial charge in [0.15, 0.2) is 8.32 Å². The smallest absolute Gasteiger partial charge is 0.316 e. The molecule has 0 atom stereocenters. The van der Waals surface area contributed by atoms with Crippen molar-refractivity contribution in [2.75, 3.05) is 13.7 Å². The number of aromatic amines is 1. The number of esters is 1. The van der Waals surface area contributed by atoms with Gasteiger partial charge >= 0.3 is 5.97 Å². The predicted octanol–water partition coefficient (Wildman–Crippen LogP) is 4.94. The number of H-pyrrole nitrogens is 1. The van der Waals surface area contributed by atoms with Crippen molar-refractivity contribution in [3.63, 3.8) is 0 Å². The Morgan fingerprint density at radius 1 is 1.27 bits per heavy atom. The van der Waals surface area contributed by atoms with E-state index in [4.69, 9.17) is 9.16 Å². The Bertz CT molecular complexity index is 812. The SMILES string of the molecule is COC(=O)C1(c2ccc3[nH]cc(CCO[Si](C)(C)C(C)(C)C)c3c2)CC1. The van der Waals surface area contributed by atoms with Gasteiger partial charge in [-0.25, -0.2) is 0 Å². The largest absolute Gasteiger partial charge is 0.468 e. The van der Waals surface area contributed by atoms with Crippen LogP contribution in [0.4, 0.5) is 0 Å². The second kappa shape index (κ2) is 6.53. The molecule has 3 rings (SSSR count). The predicted molar refractivity (Wildman–Crippen MR) is 108 cm³/mol. The molecule has 0 bridgehead atoms. The summed E-state index contributed by atoms with van der Waals surface area (Å²) < 4.78 is 11.4. The van der Waals surface area contributed by atoms with Crippen molar-refractivity contribution in [1.82, 2.24) is 4.98 Å². The average Bonchev–Trinajstić information content (AvgIpc) is 3.29. The molecule has 0 unspecified atom stereocenters. The topological polar surface area (TPSA) is 51.3 Å². The summed E-state index contributed by atoms with van der Waals surface area (Å²) in [5, 5.41) is 1.41. The Balaban J connectivity index is 1.78. The lowest BCUT2D eigenvalue weighted by Gasteiger charge is -2.36. The molecule has 4 nitrogen and oxygen atoms in total. The monoisotopic (exact) mass is 373 g/mol. The van der Waals surface area contributed by atoms with Crippen molar-refractivity contribution >= 4 is 25.2 Å². The molecule has 0 spiro atoms. The van der Waals surface area contributed by atoms with Crippen LogP contribution in [0, 0.1) is 0 Å². The summed E-state index contributed by atoms with van der Waals surface area (Å²) in [4.78, 5) is 15.5. The summed E-state index contributed by atoms with van der Waals surface area (Å²) in [5.41, 5.74) is 3.01. The molecule has 1 heterocycles. The summed E-state index contributed by atoms with van der Waals surface area (Å²) in [7, 11) is -0.255. The summed E-state index contributed by atoms with van der Waals surface area (Å²) >= 11 is 0. The first-order valence-corrected chi connectivity index (χ1v) is 12.3. The van der Waals surface area contributed by atoms with Gasteiger partial charge in [0.1, 0.15) is 0 Å². The minimum absolute atomic E-state index is 0.116. The highest BCUT2D eigenvalue weighted by Gasteiger charge is 2.52. The fraction of sp³-hybridized carbons (Fsp3) is 0.571. The quantitative estimate of drug-likeness (QED) is 0.576. The molecule has 1 N–H and O–H groups in total. The first-order chi connectivity index (χ1) is 12.1. The molecule has 1 saturated carbocycles. The minimum atomic E-state index is -1.73. The Morgan fingerprint density at radius 3 is 2.54 bits per heavy atom. The lowest BCUT2D eigenvalue weighted by molar-refractivity contribution is -0.143. The van der Waals surface area contributed by atoms with E-state index in [0.717, 1.165) is 36.9 Å². The van der Waals surface area contributed by atoms with E-state index in [1.165, 1.54) is 18.1 Å². The molecule has 5 heteroatoms. The van der Waals surface area contributed by atoms with Crippen LogP contribution in [0.1, 0.15) is 44.7 Å². The third-order valence-electron chi connectivity index (χ3n) is 6.29. The fourth-order valence-electron chi connectivity index (χ4n) is 3.25. The third-order valence-corrected chi connectivity index (χ3v) is 10.8. The Kier molecular flexibility index (Phi) is 4.82. The molecule has 0 radical (unpaired) electrons. The van der Waals surface area contributed by atoms with E-state index in [-0.39, 0.29) is 11.0 Å². The number of ether oxygens (including phenoxy) is 1. The van der Waals surface area contributed by atoms with Crippen LogP contribution in [0.2, 0.25) is 18.1 Å². The van der Waals surface area contributed by atoms with Crippen LogP contribution in [0.5, 0.6) is 0 Å². The zero-order valence-electron chi connectivity index (χ0n) is 16.9. The van der Waals surface area contributed by atoms with Crippen molar-refractivity contribution in [3.05, 3.63) is 35.5 Å². The van der Waals surface area contributed by atoms with Gasteiger partial charge in [-0.05, 0) is 60.7 Å². The van der Waals surface area contributed by atoms with Crippen molar-refractivity contribution in [1.29, 1.82) is 0 Å². The zero-order valence-corrected chi connectivity index (χ0v) is 17.9. The summed E-state index contributed by atoms with van der Waals surface area (Å²) in [6, 6.07) is 6.29. The van der Waals surface area contributed by atoms with Crippen molar-refractivity contribution in [3.8, 4) is 0 Å². The Morgan fingerprint density at radius 2 is 1.96 bits per heavy atom. The number of methoxy groups -OCH3 is 1. The maximum atomic E-state index is 12.2. The number of rotatable bonds is 6. The Hall–Kier alpha value is -1.59. The first-order valence-electron chi connectivity index (χ1n) is 9.44. The number of hydrogen-bond donors (Lipinski definition) is 1. The number of aromatic nitrogens is 1. The van der Waals surface area contributed by atoms with Crippen LogP contribution in [-0.2, 0) is 25.8 Å². The molecular formula is C21H31NO3Si. The lowest BCUT2D eigenvalue weighted by atomic mass is 9.94. The van der Waals surface area contributed by atoms with Gasteiger partial charge in [-0.2, -0.15) is 0 Å². The third kappa shape index (κ3) is 3.34. The van der Waals surface area contributed by atoms with Gasteiger partial charge in [-0.15, -0.1) is 0 Å². The van der Waals surface area contributed by atoms with Gasteiger partial charge in [0.25, 0.3) is 0 Å². The summed E-state index contributed by atoms with van der Waals surface area (Å²) in [6.07, 6.45) is 4.70. The Labute approximate surface area is 157 Å². The van der Waals surface area contributed by atoms with Crippen LogP contribution >= 0.6 is 0 Å². The van der Waals surface area contributed by atoms with E-state index in [2.05, 4.69) is 63.2 Å². The summed E-state index contributed by atoms with van der Waals surface area (Å²) in [5.74, 6) is -0.116. The standard InChI is InChI=1S/C21H31NO3Si/c1-20(2,3)26(5,6)25-12-9-15-14-22-18-8-7-16(13-17(15)18)21(10-11-21)19(23)24-4/h7-8,13-14,22H,9-12H2,1-6H3. The molecule has 2 aromatic rings. The first kappa shape index (κ1) is 19.2. The molecule has 26 heavy (non-hydrogen) atoms. The average molecular weight is 374 g/mol. The number of fused-ring (bicyclic) bond motifs is 1. The molecule has 1 aliphatic carbocycles. The van der Waals surface area contributed by atoms with Gasteiger partial charge in [0.2, 0.25) is 0 Å². The molecule has 0 aliphatic heterocycles. The van der Waals surface area contributed by atoms with Gasteiger partial charge in [-0.3, -0.25) is 4.79 Å². The van der Waals surface area contributed by atoms with E-state index < -0.39 is 13.7 Å². The normalized spacial score (nSPS) is 16.7. The molecule has 1 aliphatic rings. The van der Waals surface area contributed by atoms with Crippen LogP contribution in [-0.4, -0.2) is 33.0 Å². The number of benzene rings is 1. The van der Waals surface area contributed by atoms with Crippen LogP contribution in [0.3, 0.4) is 0 Å². The highest BCUT2D eigenvalue weighted by atomic mass is 28.4. The van der Waals surface area contributed by atoms with Gasteiger partial charge in [-0.1, -0.05) is 26.8 Å². The van der Waals surface area contributed by atoms with Crippen LogP contribution < -0.4 is 0 Å². The molecular weight excluding hydrogens is 342 g/mol. The molecule has 1 aromatic carbocycles. The van der Waals surface area contributed by atoms with Crippen molar-refractivity contribution < 1.29 is 14.0 Å². The van der Waals surface area contributed by atoms with Crippen molar-refractivity contribution in [2.24, 2.45) is 0 Å². The maximum absolute atomic E-state index is 12.2. The molecule has 0 amide bonds. The lowest BCUT2D eigenvalue weighted by Crippen LogP contribution is -2.41. The number of carbonyl (C=O) groups excluding carboxylic acids is 1. The highest BCUT2D eigenvalue weighted by Crippen LogP contribution is 2.49. The maximum Gasteiger partial charge on any atom is 0.316 e. The van der Waals surface area contributed by atoms with Crippen LogP contribution in [0.15, 0.2) is 24.4 Å². The van der Waals surface area contributed by atoms with E-state index in [9.17, 15) is 4.79 Å². The molecule has 1 fully saturated rings. The molecule has 142 valence electrons. The van der Waals surface area contributed by atoms with E-state index >= 15 is 0 Å². The van der Waals surface area contributed by atoms with Gasteiger partial charge in [0.05, 0.1) is 12.5 Å². The van der Waals surface area contributed by atoms with Crippen molar-refractivity contribution in [2.45, 2.75) is 63.6 Å². The molecule has 1 aromatic heterocycles. The minimum Gasteiger partial charge on any atom is -0.468 e. The van der Waals surface area contributed by atoms with Gasteiger partial charge < -0.3 is 14.1 Å². The number of carbonyl (C=O) groups is 1. The van der Waals surface area contributed by atoms with E-state index in [0.29, 0.717) is 0 Å². The molecule has 0 saturated heterocycles. The second-order valence-corrected chi connectivity index (χ2v) is 13.8. The van der Waals surface area contributed by atoms with E-state index in [1.807, 2.05) is 0 Å².